The van der Waals surface area contributed by atoms with Crippen molar-refractivity contribution in [2.45, 2.75) is 51.6 Å². The maximum Gasteiger partial charge on any atom is 0.243 e. The molecule has 0 bridgehead atoms. The molecule has 0 radical (unpaired) electrons. The lowest BCUT2D eigenvalue weighted by Crippen LogP contribution is -2.50. The molecule has 0 aliphatic heterocycles. The number of sulfonamides is 1. The monoisotopic (exact) mass is 601 g/mol. The Morgan fingerprint density at radius 3 is 2.34 bits per heavy atom. The Balaban J connectivity index is 1.88. The Hall–Kier alpha value is -3.43. The Morgan fingerprint density at radius 1 is 0.976 bits per heavy atom. The normalized spacial score (nSPS) is 12.0. The summed E-state index contributed by atoms with van der Waals surface area (Å²) in [4.78, 5) is 28.7. The summed E-state index contributed by atoms with van der Waals surface area (Å²) in [7, 11) is -3.65. The number of benzene rings is 3. The number of hydrogen-bond donors (Lipinski definition) is 1. The SMILES string of the molecule is CCCCNC(=O)C(Cc1ccccc1)N(Cc1ccccc1F)C(=O)CCCN(c1cccc(Cl)c1)S(C)(=O)=O. The van der Waals surface area contributed by atoms with E-state index in [2.05, 4.69) is 5.32 Å². The van der Waals surface area contributed by atoms with Crippen LogP contribution in [-0.2, 0) is 32.6 Å². The third-order valence-electron chi connectivity index (χ3n) is 6.65. The molecular weight excluding hydrogens is 565 g/mol. The molecule has 1 unspecified atom stereocenters. The number of carbonyl (C=O) groups is 2. The fourth-order valence-electron chi connectivity index (χ4n) is 4.51. The molecule has 3 rings (SSSR count). The van der Waals surface area contributed by atoms with Crippen molar-refractivity contribution in [3.8, 4) is 0 Å². The number of rotatable bonds is 15. The largest absolute Gasteiger partial charge is 0.354 e. The van der Waals surface area contributed by atoms with Crippen LogP contribution in [0.3, 0.4) is 0 Å². The minimum atomic E-state index is -3.65. The van der Waals surface area contributed by atoms with Crippen LogP contribution in [0, 0.1) is 5.82 Å². The molecule has 41 heavy (non-hydrogen) atoms. The van der Waals surface area contributed by atoms with E-state index in [0.717, 1.165) is 24.7 Å². The van der Waals surface area contributed by atoms with Crippen molar-refractivity contribution < 1.29 is 22.4 Å². The summed E-state index contributed by atoms with van der Waals surface area (Å²) in [5.41, 5.74) is 1.54. The van der Waals surface area contributed by atoms with Crippen LogP contribution in [0.2, 0.25) is 5.02 Å². The second-order valence-electron chi connectivity index (χ2n) is 9.88. The van der Waals surface area contributed by atoms with Crippen molar-refractivity contribution in [2.24, 2.45) is 0 Å². The van der Waals surface area contributed by atoms with Crippen LogP contribution < -0.4 is 9.62 Å². The zero-order valence-electron chi connectivity index (χ0n) is 23.4. The molecule has 3 aromatic carbocycles. The van der Waals surface area contributed by atoms with Gasteiger partial charge in [0.2, 0.25) is 21.8 Å². The highest BCUT2D eigenvalue weighted by Gasteiger charge is 2.31. The van der Waals surface area contributed by atoms with Crippen LogP contribution in [0.25, 0.3) is 0 Å². The van der Waals surface area contributed by atoms with Gasteiger partial charge in [-0.2, -0.15) is 0 Å². The van der Waals surface area contributed by atoms with Gasteiger partial charge in [-0.25, -0.2) is 12.8 Å². The van der Waals surface area contributed by atoms with Crippen molar-refractivity contribution >= 4 is 39.1 Å². The van der Waals surface area contributed by atoms with E-state index in [1.807, 2.05) is 37.3 Å². The lowest BCUT2D eigenvalue weighted by atomic mass is 10.0. The van der Waals surface area contributed by atoms with Crippen LogP contribution >= 0.6 is 11.6 Å². The van der Waals surface area contributed by atoms with E-state index in [0.29, 0.717) is 17.3 Å². The molecule has 0 aromatic heterocycles. The van der Waals surface area contributed by atoms with Crippen LogP contribution in [0.1, 0.15) is 43.7 Å². The molecule has 0 aliphatic carbocycles. The number of hydrogen-bond acceptors (Lipinski definition) is 4. The molecule has 0 spiro atoms. The average Bonchev–Trinajstić information content (AvgIpc) is 2.93. The molecule has 0 saturated heterocycles. The molecule has 0 saturated carbocycles. The second-order valence-corrected chi connectivity index (χ2v) is 12.2. The molecule has 0 fully saturated rings. The first-order chi connectivity index (χ1) is 19.6. The zero-order chi connectivity index (χ0) is 29.8. The van der Waals surface area contributed by atoms with Crippen molar-refractivity contribution in [1.29, 1.82) is 0 Å². The maximum atomic E-state index is 14.7. The van der Waals surface area contributed by atoms with E-state index in [1.54, 1.807) is 42.5 Å². The molecule has 220 valence electrons. The van der Waals surface area contributed by atoms with Gasteiger partial charge in [0.1, 0.15) is 11.9 Å². The topological polar surface area (TPSA) is 86.8 Å². The predicted octanol–water partition coefficient (Wildman–Crippen LogP) is 5.58. The second kappa shape index (κ2) is 15.5. The minimum Gasteiger partial charge on any atom is -0.354 e. The third-order valence-corrected chi connectivity index (χ3v) is 8.08. The highest BCUT2D eigenvalue weighted by atomic mass is 35.5. The van der Waals surface area contributed by atoms with Gasteiger partial charge in [0.05, 0.1) is 11.9 Å². The lowest BCUT2D eigenvalue weighted by Gasteiger charge is -2.32. The van der Waals surface area contributed by atoms with E-state index in [1.165, 1.54) is 15.3 Å². The van der Waals surface area contributed by atoms with Gasteiger partial charge in [-0.05, 0) is 42.7 Å². The Bertz CT molecular complexity index is 1410. The number of nitrogens with one attached hydrogen (secondary N) is 1. The molecule has 2 amide bonds. The number of nitrogens with zero attached hydrogens (tertiary/aromatic N) is 2. The van der Waals surface area contributed by atoms with Crippen LogP contribution in [0.5, 0.6) is 0 Å². The van der Waals surface area contributed by atoms with E-state index in [-0.39, 0.29) is 49.7 Å². The molecule has 1 atom stereocenters. The summed E-state index contributed by atoms with van der Waals surface area (Å²) in [5, 5.41) is 3.32. The minimum absolute atomic E-state index is 0.0322. The predicted molar refractivity (Wildman–Crippen MR) is 162 cm³/mol. The van der Waals surface area contributed by atoms with E-state index < -0.39 is 21.9 Å². The van der Waals surface area contributed by atoms with Gasteiger partial charge >= 0.3 is 0 Å². The van der Waals surface area contributed by atoms with Gasteiger partial charge in [-0.15, -0.1) is 0 Å². The summed E-state index contributed by atoms with van der Waals surface area (Å²) >= 11 is 6.08. The van der Waals surface area contributed by atoms with Gasteiger partial charge < -0.3 is 10.2 Å². The number of carbonyl (C=O) groups excluding carboxylic acids is 2. The van der Waals surface area contributed by atoms with Crippen LogP contribution in [0.15, 0.2) is 78.9 Å². The van der Waals surface area contributed by atoms with Crippen molar-refractivity contribution in [3.05, 3.63) is 101 Å². The fraction of sp³-hybridized carbons (Fsp3) is 0.355. The van der Waals surface area contributed by atoms with E-state index >= 15 is 0 Å². The van der Waals surface area contributed by atoms with Crippen LogP contribution in [-0.4, -0.2) is 50.5 Å². The highest BCUT2D eigenvalue weighted by Crippen LogP contribution is 2.23. The standard InChI is InChI=1S/C31H37ClFN3O4S/c1-3-4-19-34-31(38)29(21-24-12-6-5-7-13-24)35(23-25-14-8-9-17-28(25)33)30(37)18-11-20-36(41(2,39)40)27-16-10-15-26(32)22-27/h5-10,12-17,22,29H,3-4,11,18-21,23H2,1-2H3,(H,34,38). The summed E-state index contributed by atoms with van der Waals surface area (Å²) < 4.78 is 41.0. The van der Waals surface area contributed by atoms with Crippen molar-refractivity contribution in [3.63, 3.8) is 0 Å². The molecule has 3 aromatic rings. The van der Waals surface area contributed by atoms with E-state index in [9.17, 15) is 22.4 Å². The molecule has 1 N–H and O–H groups in total. The van der Waals surface area contributed by atoms with Gasteiger partial charge in [0.25, 0.3) is 0 Å². The summed E-state index contributed by atoms with van der Waals surface area (Å²) in [6.45, 7) is 2.41. The molecule has 10 heteroatoms. The Kier molecular flexibility index (Phi) is 12.2. The first-order valence-corrected chi connectivity index (χ1v) is 15.9. The molecule has 0 heterocycles. The lowest BCUT2D eigenvalue weighted by molar-refractivity contribution is -0.141. The fourth-order valence-corrected chi connectivity index (χ4v) is 5.65. The molecule has 0 aliphatic rings. The highest BCUT2D eigenvalue weighted by molar-refractivity contribution is 7.92. The van der Waals surface area contributed by atoms with Gasteiger partial charge in [0.15, 0.2) is 0 Å². The third kappa shape index (κ3) is 9.86. The van der Waals surface area contributed by atoms with Gasteiger partial charge in [0, 0.05) is 43.1 Å². The Morgan fingerprint density at radius 2 is 1.68 bits per heavy atom. The summed E-state index contributed by atoms with van der Waals surface area (Å²) in [5.74, 6) is -1.16. The van der Waals surface area contributed by atoms with Gasteiger partial charge in [-0.1, -0.05) is 79.5 Å². The number of unbranched alkanes of at least 4 members (excludes halogenated alkanes) is 1. The molecular formula is C31H37ClFN3O4S. The van der Waals surface area contributed by atoms with Crippen LogP contribution in [0.4, 0.5) is 10.1 Å². The quantitative estimate of drug-likeness (QED) is 0.230. The number of amides is 2. The zero-order valence-corrected chi connectivity index (χ0v) is 25.0. The summed E-state index contributed by atoms with van der Waals surface area (Å²) in [6.07, 6.45) is 3.16. The van der Waals surface area contributed by atoms with Crippen molar-refractivity contribution in [2.75, 3.05) is 23.7 Å². The first-order valence-electron chi connectivity index (χ1n) is 13.7. The average molecular weight is 602 g/mol. The number of halogens is 2. The maximum absolute atomic E-state index is 14.7. The van der Waals surface area contributed by atoms with E-state index in [4.69, 9.17) is 11.6 Å². The van der Waals surface area contributed by atoms with Crippen molar-refractivity contribution in [1.82, 2.24) is 10.2 Å². The molecule has 7 nitrogen and oxygen atoms in total. The summed E-state index contributed by atoms with van der Waals surface area (Å²) in [6, 6.07) is 21.1. The van der Waals surface area contributed by atoms with Gasteiger partial charge in [-0.3, -0.25) is 13.9 Å². The Labute approximate surface area is 247 Å². The smallest absolute Gasteiger partial charge is 0.243 e. The first kappa shape index (κ1) is 32.1. The number of anilines is 1.